The first kappa shape index (κ1) is 23.4. The Bertz CT molecular complexity index is 1440. The fourth-order valence-corrected chi connectivity index (χ4v) is 6.55. The second kappa shape index (κ2) is 8.01. The molecule has 1 aliphatic carbocycles. The Hall–Kier alpha value is -3.99. The minimum atomic E-state index is -1.46. The molecule has 0 bridgehead atoms. The molecule has 3 aromatic carbocycles. The number of ketones is 3. The van der Waals surface area contributed by atoms with Gasteiger partial charge in [-0.2, -0.15) is 0 Å². The number of hydrogen-bond donors (Lipinski definition) is 0. The van der Waals surface area contributed by atoms with Crippen molar-refractivity contribution in [3.8, 4) is 5.75 Å². The van der Waals surface area contributed by atoms with Crippen LogP contribution >= 0.6 is 0 Å². The van der Waals surface area contributed by atoms with Crippen molar-refractivity contribution in [3.05, 3.63) is 101 Å². The smallest absolute Gasteiger partial charge is 0.180 e. The molecule has 0 N–H and O–H groups in total. The number of ether oxygens (including phenoxy) is 1. The molecule has 3 unspecified atom stereocenters. The van der Waals surface area contributed by atoms with Crippen molar-refractivity contribution in [1.29, 1.82) is 0 Å². The third-order valence-electron chi connectivity index (χ3n) is 8.20. The molecule has 1 fully saturated rings. The third-order valence-corrected chi connectivity index (χ3v) is 8.20. The first-order chi connectivity index (χ1) is 17.7. The Balaban J connectivity index is 1.69. The number of hydrogen-bond acceptors (Lipinski definition) is 5. The minimum Gasteiger partial charge on any atom is -0.497 e. The van der Waals surface area contributed by atoms with Crippen LogP contribution in [0.25, 0.3) is 6.08 Å². The number of carbonyl (C=O) groups excluding carboxylic acids is 3. The Labute approximate surface area is 216 Å². The van der Waals surface area contributed by atoms with Gasteiger partial charge in [0, 0.05) is 28.1 Å². The van der Waals surface area contributed by atoms with Gasteiger partial charge in [0.05, 0.1) is 19.2 Å². The fraction of sp³-hybridized carbons (Fsp3) is 0.281. The summed E-state index contributed by atoms with van der Waals surface area (Å²) in [6, 6.07) is 21.1. The largest absolute Gasteiger partial charge is 0.497 e. The Kier molecular flexibility index (Phi) is 5.07. The lowest BCUT2D eigenvalue weighted by molar-refractivity contribution is -0.127. The van der Waals surface area contributed by atoms with Crippen molar-refractivity contribution in [2.75, 3.05) is 12.0 Å². The number of fused-ring (bicyclic) bond motifs is 5. The summed E-state index contributed by atoms with van der Waals surface area (Å²) < 4.78 is 5.39. The topological polar surface area (TPSA) is 63.7 Å². The standard InChI is InChI=1S/C32H29NO4/c1-31(2,3)30(36)27-26(20-13-16-21(37-4)17-14-20)32(28(34)22-10-6-7-11-23(22)29(32)35)25-18-15-19-9-5-8-12-24(19)33(25)27/h5-18,25-27H,1-4H3. The van der Waals surface area contributed by atoms with E-state index in [9.17, 15) is 14.4 Å². The molecular weight excluding hydrogens is 462 g/mol. The number of carbonyl (C=O) groups is 3. The zero-order chi connectivity index (χ0) is 26.1. The number of rotatable bonds is 3. The van der Waals surface area contributed by atoms with Gasteiger partial charge in [0.1, 0.15) is 11.2 Å². The molecule has 1 saturated heterocycles. The van der Waals surface area contributed by atoms with Gasteiger partial charge in [-0.15, -0.1) is 0 Å². The van der Waals surface area contributed by atoms with Crippen LogP contribution in [0.2, 0.25) is 0 Å². The Morgan fingerprint density at radius 1 is 0.865 bits per heavy atom. The van der Waals surface area contributed by atoms with E-state index in [1.165, 1.54) is 0 Å². The molecule has 186 valence electrons. The van der Waals surface area contributed by atoms with Crippen molar-refractivity contribution in [2.24, 2.45) is 10.8 Å². The second-order valence-electron chi connectivity index (χ2n) is 11.2. The highest BCUT2D eigenvalue weighted by molar-refractivity contribution is 6.32. The number of Topliss-reactive ketones (excluding diaryl/α,β-unsaturated/α-hetero) is 3. The highest BCUT2D eigenvalue weighted by Crippen LogP contribution is 2.61. The molecule has 0 radical (unpaired) electrons. The van der Waals surface area contributed by atoms with Crippen LogP contribution in [0.4, 0.5) is 5.69 Å². The first-order valence-corrected chi connectivity index (χ1v) is 12.6. The quantitative estimate of drug-likeness (QED) is 0.437. The maximum absolute atomic E-state index is 14.5. The predicted octanol–water partition coefficient (Wildman–Crippen LogP) is 5.74. The van der Waals surface area contributed by atoms with Gasteiger partial charge in [-0.1, -0.05) is 87.5 Å². The summed E-state index contributed by atoms with van der Waals surface area (Å²) in [5.74, 6) is -0.436. The molecule has 0 aromatic heterocycles. The molecule has 3 aliphatic rings. The van der Waals surface area contributed by atoms with E-state index in [1.807, 2.05) is 81.5 Å². The van der Waals surface area contributed by atoms with Crippen LogP contribution in [0.1, 0.15) is 58.5 Å². The zero-order valence-electron chi connectivity index (χ0n) is 21.4. The lowest BCUT2D eigenvalue weighted by Crippen LogP contribution is -2.49. The van der Waals surface area contributed by atoms with E-state index in [2.05, 4.69) is 4.90 Å². The van der Waals surface area contributed by atoms with Crippen molar-refractivity contribution >= 4 is 29.1 Å². The fourth-order valence-electron chi connectivity index (χ4n) is 6.55. The van der Waals surface area contributed by atoms with Crippen LogP contribution in [0.15, 0.2) is 78.9 Å². The van der Waals surface area contributed by atoms with Gasteiger partial charge in [0.2, 0.25) is 0 Å². The summed E-state index contributed by atoms with van der Waals surface area (Å²) in [6.45, 7) is 5.71. The summed E-state index contributed by atoms with van der Waals surface area (Å²) >= 11 is 0. The summed E-state index contributed by atoms with van der Waals surface area (Å²) in [5, 5.41) is 0. The molecule has 0 saturated carbocycles. The van der Waals surface area contributed by atoms with Crippen LogP contribution in [-0.2, 0) is 4.79 Å². The molecule has 5 heteroatoms. The number of benzene rings is 3. The van der Waals surface area contributed by atoms with E-state index in [-0.39, 0.29) is 17.3 Å². The molecule has 0 amide bonds. The normalized spacial score (nSPS) is 23.1. The highest BCUT2D eigenvalue weighted by atomic mass is 16.5. The average Bonchev–Trinajstić information content (AvgIpc) is 3.34. The van der Waals surface area contributed by atoms with Crippen LogP contribution in [0, 0.1) is 10.8 Å². The van der Waals surface area contributed by atoms with E-state index in [4.69, 9.17) is 4.74 Å². The van der Waals surface area contributed by atoms with Gasteiger partial charge >= 0.3 is 0 Å². The molecule has 1 spiro atoms. The van der Waals surface area contributed by atoms with E-state index in [0.29, 0.717) is 16.9 Å². The maximum atomic E-state index is 14.5. The number of methoxy groups -OCH3 is 1. The van der Waals surface area contributed by atoms with E-state index >= 15 is 0 Å². The second-order valence-corrected chi connectivity index (χ2v) is 11.2. The lowest BCUT2D eigenvalue weighted by atomic mass is 9.63. The first-order valence-electron chi connectivity index (χ1n) is 12.6. The monoisotopic (exact) mass is 491 g/mol. The maximum Gasteiger partial charge on any atom is 0.180 e. The lowest BCUT2D eigenvalue weighted by Gasteiger charge is -2.38. The van der Waals surface area contributed by atoms with Crippen molar-refractivity contribution < 1.29 is 19.1 Å². The minimum absolute atomic E-state index is 0.00291. The SMILES string of the molecule is COc1ccc(C2C(C(=O)C(C)(C)C)N3c4ccccc4C=CC3C23C(=O)c2ccccc2C3=O)cc1. The molecule has 2 aliphatic heterocycles. The van der Waals surface area contributed by atoms with E-state index < -0.39 is 28.8 Å². The van der Waals surface area contributed by atoms with Gasteiger partial charge in [0.25, 0.3) is 0 Å². The third kappa shape index (κ3) is 3.06. The number of anilines is 1. The summed E-state index contributed by atoms with van der Waals surface area (Å²) in [7, 11) is 1.60. The molecule has 3 atom stereocenters. The molecule has 5 nitrogen and oxygen atoms in total. The zero-order valence-corrected chi connectivity index (χ0v) is 21.4. The molecular formula is C32H29NO4. The number of para-hydroxylation sites is 1. The van der Waals surface area contributed by atoms with Gasteiger partial charge in [0.15, 0.2) is 17.3 Å². The highest BCUT2D eigenvalue weighted by Gasteiger charge is 2.71. The Morgan fingerprint density at radius 2 is 1.46 bits per heavy atom. The van der Waals surface area contributed by atoms with Crippen LogP contribution in [0.5, 0.6) is 5.75 Å². The van der Waals surface area contributed by atoms with Crippen molar-refractivity contribution in [1.82, 2.24) is 0 Å². The van der Waals surface area contributed by atoms with Gasteiger partial charge in [-0.05, 0) is 29.3 Å². The van der Waals surface area contributed by atoms with Crippen LogP contribution < -0.4 is 9.64 Å². The van der Waals surface area contributed by atoms with E-state index in [1.54, 1.807) is 31.4 Å². The van der Waals surface area contributed by atoms with Crippen molar-refractivity contribution in [2.45, 2.75) is 38.8 Å². The van der Waals surface area contributed by atoms with Crippen LogP contribution in [-0.4, -0.2) is 36.5 Å². The van der Waals surface area contributed by atoms with Gasteiger partial charge in [-0.25, -0.2) is 0 Å². The molecule has 6 rings (SSSR count). The molecule has 37 heavy (non-hydrogen) atoms. The van der Waals surface area contributed by atoms with Crippen molar-refractivity contribution in [3.63, 3.8) is 0 Å². The van der Waals surface area contributed by atoms with Gasteiger partial charge in [-0.3, -0.25) is 14.4 Å². The average molecular weight is 492 g/mol. The summed E-state index contributed by atoms with van der Waals surface area (Å²) in [5.41, 5.74) is 1.31. The summed E-state index contributed by atoms with van der Waals surface area (Å²) in [4.78, 5) is 45.4. The number of nitrogens with zero attached hydrogens (tertiary/aromatic N) is 1. The van der Waals surface area contributed by atoms with Crippen LogP contribution in [0.3, 0.4) is 0 Å². The Morgan fingerprint density at radius 3 is 2.05 bits per heavy atom. The molecule has 2 heterocycles. The van der Waals surface area contributed by atoms with Gasteiger partial charge < -0.3 is 9.64 Å². The predicted molar refractivity (Wildman–Crippen MR) is 143 cm³/mol. The summed E-state index contributed by atoms with van der Waals surface area (Å²) in [6.07, 6.45) is 3.94. The molecule has 3 aromatic rings. The van der Waals surface area contributed by atoms with E-state index in [0.717, 1.165) is 16.8 Å².